The number of aromatic hydroxyl groups is 1. The highest BCUT2D eigenvalue weighted by molar-refractivity contribution is 6.06. The summed E-state index contributed by atoms with van der Waals surface area (Å²) < 4.78 is 33.7. The second kappa shape index (κ2) is 13.0. The van der Waals surface area contributed by atoms with E-state index in [9.17, 15) is 24.6 Å². The number of benzene rings is 3. The molecule has 0 unspecified atom stereocenters. The lowest BCUT2D eigenvalue weighted by Crippen LogP contribution is -2.65. The summed E-state index contributed by atoms with van der Waals surface area (Å²) in [5.41, 5.74) is 3.37. The number of rotatable bonds is 8. The van der Waals surface area contributed by atoms with Crippen LogP contribution in [0.4, 0.5) is 10.5 Å². The molecule has 1 aliphatic heterocycles. The molecule has 4 aromatic rings. The molecule has 0 bridgehead atoms. The third-order valence-electron chi connectivity index (χ3n) is 7.57. The van der Waals surface area contributed by atoms with Gasteiger partial charge in [-0.25, -0.2) is 9.59 Å². The van der Waals surface area contributed by atoms with Crippen LogP contribution in [-0.2, 0) is 14.2 Å². The Labute approximate surface area is 267 Å². The summed E-state index contributed by atoms with van der Waals surface area (Å²) in [4.78, 5) is 37.7. The van der Waals surface area contributed by atoms with Crippen molar-refractivity contribution in [3.05, 3.63) is 87.8 Å². The van der Waals surface area contributed by atoms with Crippen LogP contribution in [0.15, 0.2) is 69.9 Å². The smallest absolute Gasteiger partial charge is 0.404 e. The molecule has 0 spiro atoms. The lowest BCUT2D eigenvalue weighted by Gasteiger charge is -2.47. The number of nitriles is 1. The largest absolute Gasteiger partial charge is 0.505 e. The van der Waals surface area contributed by atoms with Gasteiger partial charge in [-0.3, -0.25) is 4.79 Å². The van der Waals surface area contributed by atoms with Crippen LogP contribution in [0.3, 0.4) is 0 Å². The summed E-state index contributed by atoms with van der Waals surface area (Å²) in [7, 11) is 1.37. The first-order valence-electron chi connectivity index (χ1n) is 14.2. The number of carbonyl (C=O) groups excluding carboxylic acids is 2. The molecule has 1 aliphatic rings. The van der Waals surface area contributed by atoms with E-state index in [0.29, 0.717) is 17.1 Å². The van der Waals surface area contributed by atoms with Crippen molar-refractivity contribution < 1.29 is 47.9 Å². The Morgan fingerprint density at radius 2 is 1.81 bits per heavy atom. The quantitative estimate of drug-likeness (QED) is 0.200. The number of aryl methyl sites for hydroxylation is 1. The van der Waals surface area contributed by atoms with E-state index in [2.05, 4.69) is 5.32 Å². The summed E-state index contributed by atoms with van der Waals surface area (Å²) in [6.07, 6.45) is -6.14. The fourth-order valence-electron chi connectivity index (χ4n) is 5.29. The number of methoxy groups -OCH3 is 1. The van der Waals surface area contributed by atoms with Gasteiger partial charge in [-0.1, -0.05) is 6.07 Å². The van der Waals surface area contributed by atoms with Crippen LogP contribution < -0.4 is 26.1 Å². The molecule has 47 heavy (non-hydrogen) atoms. The fourth-order valence-corrected chi connectivity index (χ4v) is 5.29. The third-order valence-corrected chi connectivity index (χ3v) is 7.57. The summed E-state index contributed by atoms with van der Waals surface area (Å²) in [6.45, 7) is 4.85. The van der Waals surface area contributed by atoms with Crippen LogP contribution in [0, 0.1) is 18.3 Å². The molecule has 0 radical (unpaired) electrons. The minimum atomic E-state index is -1.53. The van der Waals surface area contributed by atoms with Crippen molar-refractivity contribution in [3.63, 3.8) is 0 Å². The average Bonchev–Trinajstić information content (AvgIpc) is 3.03. The molecule has 3 aromatic carbocycles. The molecule has 0 saturated carbocycles. The van der Waals surface area contributed by atoms with Crippen molar-refractivity contribution in [2.75, 3.05) is 12.4 Å². The number of aliphatic hydroxyl groups is 1. The average molecular weight is 646 g/mol. The van der Waals surface area contributed by atoms with Crippen molar-refractivity contribution in [2.45, 2.75) is 51.0 Å². The number of hydrogen-bond donors (Lipinski definition) is 4. The highest BCUT2D eigenvalue weighted by Crippen LogP contribution is 2.38. The highest BCUT2D eigenvalue weighted by Gasteiger charge is 2.53. The van der Waals surface area contributed by atoms with E-state index in [4.69, 9.17) is 39.1 Å². The lowest BCUT2D eigenvalue weighted by atomic mass is 9.89. The number of primary amides is 1. The Hall–Kier alpha value is -5.62. The Balaban J connectivity index is 1.38. The van der Waals surface area contributed by atoms with Crippen molar-refractivity contribution in [3.8, 4) is 29.1 Å². The second-order valence-corrected chi connectivity index (χ2v) is 11.2. The van der Waals surface area contributed by atoms with Crippen LogP contribution in [0.2, 0.25) is 0 Å². The topological polar surface area (TPSA) is 213 Å². The first-order chi connectivity index (χ1) is 22.3. The Morgan fingerprint density at radius 3 is 2.47 bits per heavy atom. The van der Waals surface area contributed by atoms with Crippen molar-refractivity contribution in [1.82, 2.24) is 0 Å². The number of aliphatic hydroxyl groups excluding tert-OH is 1. The van der Waals surface area contributed by atoms with Crippen molar-refractivity contribution in [2.24, 2.45) is 5.73 Å². The number of nitrogens with zero attached hydrogens (tertiary/aromatic N) is 1. The fraction of sp³-hybridized carbons (Fsp3) is 0.273. The van der Waals surface area contributed by atoms with E-state index in [1.54, 1.807) is 57.2 Å². The molecule has 2 heterocycles. The van der Waals surface area contributed by atoms with Gasteiger partial charge in [-0.05, 0) is 75.4 Å². The van der Waals surface area contributed by atoms with Crippen molar-refractivity contribution >= 4 is 28.7 Å². The van der Waals surface area contributed by atoms with E-state index in [1.807, 2.05) is 6.07 Å². The van der Waals surface area contributed by atoms with Crippen LogP contribution in [-0.4, -0.2) is 59.5 Å². The van der Waals surface area contributed by atoms with E-state index >= 15 is 0 Å². The monoisotopic (exact) mass is 645 g/mol. The van der Waals surface area contributed by atoms with Crippen LogP contribution in [0.5, 0.6) is 23.0 Å². The van der Waals surface area contributed by atoms with E-state index < -0.39 is 59.3 Å². The summed E-state index contributed by atoms with van der Waals surface area (Å²) in [6, 6.07) is 17.4. The predicted octanol–water partition coefficient (Wildman–Crippen LogP) is 4.08. The van der Waals surface area contributed by atoms with E-state index in [-0.39, 0.29) is 27.8 Å². The van der Waals surface area contributed by atoms with Gasteiger partial charge < -0.3 is 49.4 Å². The number of carbonyl (C=O) groups is 2. The normalized spacial score (nSPS) is 20.2. The summed E-state index contributed by atoms with van der Waals surface area (Å²) in [5, 5.41) is 33.5. The van der Waals surface area contributed by atoms with Gasteiger partial charge in [0.05, 0.1) is 22.6 Å². The summed E-state index contributed by atoms with van der Waals surface area (Å²) in [5.74, 6) is -0.385. The number of nitrogens with one attached hydrogen (secondary N) is 1. The van der Waals surface area contributed by atoms with Gasteiger partial charge in [-0.15, -0.1) is 0 Å². The molecule has 5 rings (SSSR count). The molecule has 14 nitrogen and oxygen atoms in total. The molecule has 1 saturated heterocycles. The number of anilines is 1. The maximum atomic E-state index is 13.1. The number of ether oxygens (including phenoxy) is 5. The standard InChI is InChI=1S/C33H31N3O11/c1-16-22(44-31-25(38)27(46-32(35)41)28(42-4)33(2,3)47-31)13-12-21-24(37)23(30(40)45-26(16)21)36-29(39)18-6-5-7-20(14-18)43-19-10-8-17(15-34)9-11-19/h5-14,25,27-28,31,37-38H,1-4H3,(H2,35,41)(H,36,39)/t25-,27+,28-,31-/m1/s1. The van der Waals surface area contributed by atoms with Gasteiger partial charge >= 0.3 is 11.7 Å². The molecule has 4 atom stereocenters. The zero-order valence-electron chi connectivity index (χ0n) is 25.7. The molecule has 1 aromatic heterocycles. The Morgan fingerprint density at radius 1 is 1.09 bits per heavy atom. The number of fused-ring (bicyclic) bond motifs is 1. The van der Waals surface area contributed by atoms with Gasteiger partial charge in [0.25, 0.3) is 5.91 Å². The third kappa shape index (κ3) is 6.68. The van der Waals surface area contributed by atoms with Gasteiger partial charge in [0.2, 0.25) is 6.29 Å². The molecular weight excluding hydrogens is 614 g/mol. The first kappa shape index (κ1) is 32.8. The molecular formula is C33H31N3O11. The van der Waals surface area contributed by atoms with Crippen molar-refractivity contribution in [1.29, 1.82) is 5.26 Å². The minimum absolute atomic E-state index is 0.0509. The van der Waals surface area contributed by atoms with E-state index in [1.165, 1.54) is 31.4 Å². The predicted molar refractivity (Wildman–Crippen MR) is 165 cm³/mol. The first-order valence-corrected chi connectivity index (χ1v) is 14.2. The number of nitrogens with two attached hydrogens (primary N) is 1. The SMILES string of the molecule is CO[C@@H]1[C@@H](OC(N)=O)[C@@H](O)[C@H](Oc2ccc3c(O)c(NC(=O)c4cccc(Oc5ccc(C#N)cc5)c4)c(=O)oc3c2C)OC1(C)C. The van der Waals surface area contributed by atoms with Crippen LogP contribution in [0.25, 0.3) is 11.0 Å². The molecule has 244 valence electrons. The van der Waals surface area contributed by atoms with Gasteiger partial charge in [0, 0.05) is 18.2 Å². The minimum Gasteiger partial charge on any atom is -0.505 e. The summed E-state index contributed by atoms with van der Waals surface area (Å²) >= 11 is 0. The zero-order valence-corrected chi connectivity index (χ0v) is 25.7. The molecule has 14 heteroatoms. The van der Waals surface area contributed by atoms with Gasteiger partial charge in [0.1, 0.15) is 28.9 Å². The number of hydrogen-bond acceptors (Lipinski definition) is 12. The molecule has 0 aliphatic carbocycles. The highest BCUT2D eigenvalue weighted by atomic mass is 16.7. The second-order valence-electron chi connectivity index (χ2n) is 11.2. The van der Waals surface area contributed by atoms with Crippen LogP contribution >= 0.6 is 0 Å². The van der Waals surface area contributed by atoms with E-state index in [0.717, 1.165) is 0 Å². The molecule has 2 amide bonds. The maximum Gasteiger partial charge on any atom is 0.404 e. The zero-order chi connectivity index (χ0) is 34.0. The molecule has 1 fully saturated rings. The maximum absolute atomic E-state index is 13.1. The lowest BCUT2D eigenvalue weighted by molar-refractivity contribution is -0.304. The van der Waals surface area contributed by atoms with Gasteiger partial charge in [-0.2, -0.15) is 5.26 Å². The number of amides is 2. The Kier molecular flexibility index (Phi) is 9.07. The van der Waals surface area contributed by atoms with Gasteiger partial charge in [0.15, 0.2) is 23.6 Å². The molecule has 5 N–H and O–H groups in total. The Bertz CT molecular complexity index is 1930. The van der Waals surface area contributed by atoms with Crippen LogP contribution in [0.1, 0.15) is 35.3 Å².